The van der Waals surface area contributed by atoms with Gasteiger partial charge in [-0.3, -0.25) is 0 Å². The van der Waals surface area contributed by atoms with Crippen molar-refractivity contribution in [1.29, 1.82) is 0 Å². The van der Waals surface area contributed by atoms with Crippen LogP contribution in [0.3, 0.4) is 0 Å². The summed E-state index contributed by atoms with van der Waals surface area (Å²) in [5.74, 6) is -0.0879. The molecule has 0 bridgehead atoms. The smallest absolute Gasteiger partial charge is 0.146 e. The van der Waals surface area contributed by atoms with Crippen molar-refractivity contribution in [3.63, 3.8) is 0 Å². The van der Waals surface area contributed by atoms with E-state index in [1.54, 1.807) is 0 Å². The van der Waals surface area contributed by atoms with Crippen LogP contribution in [-0.4, -0.2) is 10.2 Å². The van der Waals surface area contributed by atoms with Gasteiger partial charge in [-0.1, -0.05) is 25.5 Å². The summed E-state index contributed by atoms with van der Waals surface area (Å²) in [6, 6.07) is 12.1. The van der Waals surface area contributed by atoms with Crippen molar-refractivity contribution in [3.05, 3.63) is 48.0 Å². The summed E-state index contributed by atoms with van der Waals surface area (Å²) in [6.45, 7) is 2.17. The van der Waals surface area contributed by atoms with E-state index in [1.165, 1.54) is 36.6 Å². The number of phenolic OH excluding ortho intramolecular Hbond substituents is 2. The van der Waals surface area contributed by atoms with Crippen LogP contribution < -0.4 is 0 Å². The highest BCUT2D eigenvalue weighted by Crippen LogP contribution is 2.31. The minimum atomic E-state index is -0.0895. The van der Waals surface area contributed by atoms with Crippen LogP contribution >= 0.6 is 0 Å². The number of hydrogen-bond donors (Lipinski definition) is 2. The highest BCUT2D eigenvalue weighted by molar-refractivity contribution is 5.53. The lowest BCUT2D eigenvalue weighted by atomic mass is 10.1. The lowest BCUT2D eigenvalue weighted by Gasteiger charge is -2.00. The minimum absolute atomic E-state index is 0.00160. The summed E-state index contributed by atoms with van der Waals surface area (Å²) in [5, 5.41) is 26.8. The van der Waals surface area contributed by atoms with Crippen molar-refractivity contribution in [3.8, 4) is 11.5 Å². The topological polar surface area (TPSA) is 65.2 Å². The summed E-state index contributed by atoms with van der Waals surface area (Å²) >= 11 is 0. The molecule has 0 aromatic heterocycles. The molecule has 0 heterocycles. The second-order valence-electron chi connectivity index (χ2n) is 4.64. The molecule has 2 aromatic rings. The van der Waals surface area contributed by atoms with E-state index in [4.69, 9.17) is 0 Å². The minimum Gasteiger partial charge on any atom is -0.508 e. The van der Waals surface area contributed by atoms with E-state index < -0.39 is 0 Å². The number of azo groups is 1. The normalized spacial score (nSPS) is 11.1. The lowest BCUT2D eigenvalue weighted by molar-refractivity contribution is 0.451. The Morgan fingerprint density at radius 1 is 0.950 bits per heavy atom. The number of nitrogens with zero attached hydrogens (tertiary/aromatic N) is 2. The Hall–Kier alpha value is -2.36. The predicted octanol–water partition coefficient (Wildman–Crippen LogP) is 4.86. The van der Waals surface area contributed by atoms with Gasteiger partial charge in [-0.25, -0.2) is 0 Å². The molecule has 2 aromatic carbocycles. The second kappa shape index (κ2) is 6.70. The molecule has 4 heteroatoms. The number of benzene rings is 2. The summed E-state index contributed by atoms with van der Waals surface area (Å²) in [7, 11) is 0. The van der Waals surface area contributed by atoms with Gasteiger partial charge in [0.05, 0.1) is 5.69 Å². The number of aromatic hydroxyl groups is 2. The van der Waals surface area contributed by atoms with Crippen molar-refractivity contribution in [2.75, 3.05) is 0 Å². The van der Waals surface area contributed by atoms with E-state index >= 15 is 0 Å². The molecule has 0 spiro atoms. The third-order valence-electron chi connectivity index (χ3n) is 2.99. The van der Waals surface area contributed by atoms with Gasteiger partial charge in [0.25, 0.3) is 0 Å². The number of unbranched alkanes of at least 4 members (excludes halogenated alkanes) is 1. The summed E-state index contributed by atoms with van der Waals surface area (Å²) in [5.41, 5.74) is 2.36. The van der Waals surface area contributed by atoms with Crippen LogP contribution in [-0.2, 0) is 6.42 Å². The van der Waals surface area contributed by atoms with Gasteiger partial charge >= 0.3 is 0 Å². The fourth-order valence-corrected chi connectivity index (χ4v) is 1.82. The third-order valence-corrected chi connectivity index (χ3v) is 2.99. The van der Waals surface area contributed by atoms with Gasteiger partial charge in [0.2, 0.25) is 0 Å². The van der Waals surface area contributed by atoms with Gasteiger partial charge in [0.1, 0.15) is 17.2 Å². The summed E-state index contributed by atoms with van der Waals surface area (Å²) in [6.07, 6.45) is 3.44. The van der Waals surface area contributed by atoms with Gasteiger partial charge in [-0.05, 0) is 42.7 Å². The SMILES string of the molecule is CCCCc1ccc(/N=N/c2ccc(O)cc2O)cc1. The van der Waals surface area contributed by atoms with Gasteiger partial charge in [-0.2, -0.15) is 5.11 Å². The molecule has 2 N–H and O–H groups in total. The number of aryl methyl sites for hydroxylation is 1. The van der Waals surface area contributed by atoms with Crippen molar-refractivity contribution in [2.45, 2.75) is 26.2 Å². The average Bonchev–Trinajstić information content (AvgIpc) is 2.45. The Balaban J connectivity index is 2.07. The zero-order valence-corrected chi connectivity index (χ0v) is 11.5. The number of phenols is 2. The van der Waals surface area contributed by atoms with Crippen LogP contribution in [0.25, 0.3) is 0 Å². The lowest BCUT2D eigenvalue weighted by Crippen LogP contribution is -1.82. The van der Waals surface area contributed by atoms with Crippen LogP contribution in [0.4, 0.5) is 11.4 Å². The van der Waals surface area contributed by atoms with Crippen LogP contribution in [0.1, 0.15) is 25.3 Å². The molecule has 0 radical (unpaired) electrons. The Bertz CT molecular complexity index is 592. The highest BCUT2D eigenvalue weighted by atomic mass is 16.3. The van der Waals surface area contributed by atoms with Gasteiger partial charge in [-0.15, -0.1) is 5.11 Å². The monoisotopic (exact) mass is 270 g/mol. The molecule has 0 unspecified atom stereocenters. The molecule has 104 valence electrons. The summed E-state index contributed by atoms with van der Waals surface area (Å²) < 4.78 is 0. The van der Waals surface area contributed by atoms with E-state index in [2.05, 4.69) is 17.2 Å². The first-order valence-corrected chi connectivity index (χ1v) is 6.71. The summed E-state index contributed by atoms with van der Waals surface area (Å²) in [4.78, 5) is 0. The Morgan fingerprint density at radius 2 is 1.70 bits per heavy atom. The molecule has 4 nitrogen and oxygen atoms in total. The fraction of sp³-hybridized carbons (Fsp3) is 0.250. The molecular formula is C16H18N2O2. The average molecular weight is 270 g/mol. The van der Waals surface area contributed by atoms with Crippen molar-refractivity contribution >= 4 is 11.4 Å². The molecule has 0 saturated heterocycles. The Labute approximate surface area is 118 Å². The number of rotatable bonds is 5. The fourth-order valence-electron chi connectivity index (χ4n) is 1.82. The molecule has 0 fully saturated rings. The molecule has 0 aliphatic carbocycles. The molecule has 0 aliphatic rings. The van der Waals surface area contributed by atoms with Crippen molar-refractivity contribution in [2.24, 2.45) is 10.2 Å². The van der Waals surface area contributed by atoms with Crippen molar-refractivity contribution in [1.82, 2.24) is 0 Å². The molecule has 0 aliphatic heterocycles. The zero-order valence-electron chi connectivity index (χ0n) is 11.5. The van der Waals surface area contributed by atoms with E-state index in [9.17, 15) is 10.2 Å². The van der Waals surface area contributed by atoms with Crippen LogP contribution in [0.2, 0.25) is 0 Å². The standard InChI is InChI=1S/C16H18N2O2/c1-2-3-4-12-5-7-13(8-6-12)17-18-15-10-9-14(19)11-16(15)20/h5-11,19-20H,2-4H2,1H3/b18-17+. The second-order valence-corrected chi connectivity index (χ2v) is 4.64. The van der Waals surface area contributed by atoms with Crippen LogP contribution in [0.15, 0.2) is 52.7 Å². The van der Waals surface area contributed by atoms with Gasteiger partial charge < -0.3 is 10.2 Å². The number of hydrogen-bond acceptors (Lipinski definition) is 4. The molecule has 2 rings (SSSR count). The zero-order chi connectivity index (χ0) is 14.4. The largest absolute Gasteiger partial charge is 0.508 e. The Morgan fingerprint density at radius 3 is 2.35 bits per heavy atom. The maximum atomic E-state index is 9.60. The molecule has 0 atom stereocenters. The third kappa shape index (κ3) is 3.82. The molecule has 0 amide bonds. The van der Waals surface area contributed by atoms with E-state index in [0.29, 0.717) is 5.69 Å². The quantitative estimate of drug-likeness (QED) is 0.762. The van der Waals surface area contributed by atoms with E-state index in [0.717, 1.165) is 12.1 Å². The van der Waals surface area contributed by atoms with Crippen LogP contribution in [0.5, 0.6) is 11.5 Å². The molecular weight excluding hydrogens is 252 g/mol. The van der Waals surface area contributed by atoms with E-state index in [-0.39, 0.29) is 11.5 Å². The first kappa shape index (κ1) is 14.1. The Kier molecular flexibility index (Phi) is 4.71. The maximum absolute atomic E-state index is 9.60. The highest BCUT2D eigenvalue weighted by Gasteiger charge is 2.00. The molecule has 20 heavy (non-hydrogen) atoms. The van der Waals surface area contributed by atoms with E-state index in [1.807, 2.05) is 24.3 Å². The van der Waals surface area contributed by atoms with Gasteiger partial charge in [0.15, 0.2) is 0 Å². The first-order chi connectivity index (χ1) is 9.69. The van der Waals surface area contributed by atoms with Gasteiger partial charge in [0, 0.05) is 6.07 Å². The first-order valence-electron chi connectivity index (χ1n) is 6.71. The maximum Gasteiger partial charge on any atom is 0.146 e. The predicted molar refractivity (Wildman–Crippen MR) is 79.0 cm³/mol. The molecule has 0 saturated carbocycles. The van der Waals surface area contributed by atoms with Crippen LogP contribution in [0, 0.1) is 0 Å². The van der Waals surface area contributed by atoms with Crippen molar-refractivity contribution < 1.29 is 10.2 Å².